The highest BCUT2D eigenvalue weighted by molar-refractivity contribution is 5.63. The van der Waals surface area contributed by atoms with E-state index >= 15 is 0 Å². The van der Waals surface area contributed by atoms with Gasteiger partial charge in [-0.1, -0.05) is 6.92 Å². The highest BCUT2D eigenvalue weighted by atomic mass is 16.1. The van der Waals surface area contributed by atoms with Gasteiger partial charge in [0.05, 0.1) is 0 Å². The monoisotopic (exact) mass is 233 g/mol. The second kappa shape index (κ2) is 3.87. The molecule has 17 heavy (non-hydrogen) atoms. The van der Waals surface area contributed by atoms with Gasteiger partial charge in [-0.3, -0.25) is 0 Å². The summed E-state index contributed by atoms with van der Waals surface area (Å²) in [5, 5.41) is 6.50. The highest BCUT2D eigenvalue weighted by Crippen LogP contribution is 2.22. The predicted molar refractivity (Wildman–Crippen MR) is 64.2 cm³/mol. The zero-order valence-corrected chi connectivity index (χ0v) is 9.76. The van der Waals surface area contributed by atoms with Crippen molar-refractivity contribution in [3.8, 4) is 0 Å². The zero-order chi connectivity index (χ0) is 11.8. The molecule has 0 aliphatic carbocycles. The number of hydrogen-bond donors (Lipinski definition) is 1. The Morgan fingerprint density at radius 2 is 2.41 bits per heavy atom. The fraction of sp³-hybridized carbons (Fsp3) is 0.545. The lowest BCUT2D eigenvalue weighted by Gasteiger charge is -2.31. The smallest absolute Gasteiger partial charge is 0.347 e. The highest BCUT2D eigenvalue weighted by Gasteiger charge is 2.20. The second-order valence-electron chi connectivity index (χ2n) is 4.67. The molecule has 0 bridgehead atoms. The fourth-order valence-electron chi connectivity index (χ4n) is 2.43. The zero-order valence-electron chi connectivity index (χ0n) is 9.76. The van der Waals surface area contributed by atoms with Gasteiger partial charge in [-0.2, -0.15) is 0 Å². The van der Waals surface area contributed by atoms with E-state index in [4.69, 9.17) is 0 Å². The van der Waals surface area contributed by atoms with Crippen molar-refractivity contribution in [2.24, 2.45) is 5.92 Å². The van der Waals surface area contributed by atoms with E-state index in [9.17, 15) is 4.79 Å². The summed E-state index contributed by atoms with van der Waals surface area (Å²) in [6.45, 7) is 4.20. The minimum absolute atomic E-state index is 0.214. The molecule has 1 aliphatic rings. The first kappa shape index (κ1) is 10.3. The van der Waals surface area contributed by atoms with Crippen molar-refractivity contribution in [2.75, 3.05) is 18.0 Å². The molecule has 1 aliphatic heterocycles. The van der Waals surface area contributed by atoms with Gasteiger partial charge in [-0.15, -0.1) is 5.10 Å². The number of H-pyrrole nitrogens is 1. The van der Waals surface area contributed by atoms with E-state index in [1.165, 1.54) is 17.2 Å². The Labute approximate surface area is 98.3 Å². The fourth-order valence-corrected chi connectivity index (χ4v) is 2.43. The molecule has 3 rings (SSSR count). The molecular weight excluding hydrogens is 218 g/mol. The van der Waals surface area contributed by atoms with Crippen molar-refractivity contribution in [1.29, 1.82) is 0 Å². The molecule has 0 amide bonds. The SMILES string of the molecule is C[C@H]1CCCN(c2nccn3c(=O)[nH]nc23)C1. The minimum atomic E-state index is -0.214. The number of fused-ring (bicyclic) bond motifs is 1. The van der Waals surface area contributed by atoms with Crippen LogP contribution in [0.25, 0.3) is 5.65 Å². The number of rotatable bonds is 1. The lowest BCUT2D eigenvalue weighted by atomic mass is 10.0. The third-order valence-electron chi connectivity index (χ3n) is 3.27. The standard InChI is InChI=1S/C11H15N5O/c1-8-3-2-5-15(7-8)9-10-13-14-11(17)16(10)6-4-12-9/h4,6,8H,2-3,5,7H2,1H3,(H,14,17)/t8-/m0/s1. The average Bonchev–Trinajstić information content (AvgIpc) is 2.71. The normalized spacial score (nSPS) is 21.0. The maximum atomic E-state index is 11.5. The first-order valence-corrected chi connectivity index (χ1v) is 5.92. The summed E-state index contributed by atoms with van der Waals surface area (Å²) >= 11 is 0. The quantitative estimate of drug-likeness (QED) is 0.785. The molecule has 6 heteroatoms. The number of nitrogens with zero attached hydrogens (tertiary/aromatic N) is 4. The Bertz CT molecular complexity index is 587. The lowest BCUT2D eigenvalue weighted by molar-refractivity contribution is 0.445. The van der Waals surface area contributed by atoms with Crippen molar-refractivity contribution in [1.82, 2.24) is 19.6 Å². The first-order chi connectivity index (χ1) is 8.25. The molecule has 2 aromatic heterocycles. The second-order valence-corrected chi connectivity index (χ2v) is 4.67. The lowest BCUT2D eigenvalue weighted by Crippen LogP contribution is -2.35. The van der Waals surface area contributed by atoms with Crippen molar-refractivity contribution in [2.45, 2.75) is 19.8 Å². The summed E-state index contributed by atoms with van der Waals surface area (Å²) in [4.78, 5) is 18.1. The van der Waals surface area contributed by atoms with Crippen molar-refractivity contribution < 1.29 is 0 Å². The minimum Gasteiger partial charge on any atom is -0.353 e. The molecule has 90 valence electrons. The molecular formula is C11H15N5O. The van der Waals surface area contributed by atoms with E-state index < -0.39 is 0 Å². The molecule has 0 saturated carbocycles. The molecule has 0 unspecified atom stereocenters. The van der Waals surface area contributed by atoms with Crippen LogP contribution in [0.3, 0.4) is 0 Å². The average molecular weight is 233 g/mol. The van der Waals surface area contributed by atoms with Crippen LogP contribution in [-0.2, 0) is 0 Å². The maximum Gasteiger partial charge on any atom is 0.347 e. The Morgan fingerprint density at radius 1 is 1.53 bits per heavy atom. The van der Waals surface area contributed by atoms with Crippen molar-refractivity contribution in [3.63, 3.8) is 0 Å². The van der Waals surface area contributed by atoms with Crippen molar-refractivity contribution >= 4 is 11.5 Å². The van der Waals surface area contributed by atoms with Gasteiger partial charge in [0, 0.05) is 25.5 Å². The Kier molecular flexibility index (Phi) is 2.35. The summed E-state index contributed by atoms with van der Waals surface area (Å²) < 4.78 is 1.50. The van der Waals surface area contributed by atoms with Crippen LogP contribution < -0.4 is 10.6 Å². The maximum absolute atomic E-state index is 11.5. The van der Waals surface area contributed by atoms with Gasteiger partial charge in [0.15, 0.2) is 5.82 Å². The van der Waals surface area contributed by atoms with E-state index in [1.54, 1.807) is 12.4 Å². The summed E-state index contributed by atoms with van der Waals surface area (Å²) in [6, 6.07) is 0. The van der Waals surface area contributed by atoms with Gasteiger partial charge in [-0.25, -0.2) is 19.3 Å². The molecule has 0 aromatic carbocycles. The Balaban J connectivity index is 2.07. The Hall–Kier alpha value is -1.85. The number of hydrogen-bond acceptors (Lipinski definition) is 4. The first-order valence-electron chi connectivity index (χ1n) is 5.92. The van der Waals surface area contributed by atoms with E-state index in [0.717, 1.165) is 18.9 Å². The van der Waals surface area contributed by atoms with Crippen LogP contribution in [0, 0.1) is 5.92 Å². The molecule has 1 atom stereocenters. The van der Waals surface area contributed by atoms with Gasteiger partial charge in [0.25, 0.3) is 0 Å². The van der Waals surface area contributed by atoms with Gasteiger partial charge in [0.1, 0.15) is 0 Å². The number of nitrogens with one attached hydrogen (secondary N) is 1. The number of aromatic nitrogens is 4. The topological polar surface area (TPSA) is 66.3 Å². The summed E-state index contributed by atoms with van der Waals surface area (Å²) in [6.07, 6.45) is 5.71. The largest absolute Gasteiger partial charge is 0.353 e. The van der Waals surface area contributed by atoms with Gasteiger partial charge in [-0.05, 0) is 18.8 Å². The van der Waals surface area contributed by atoms with Gasteiger partial charge >= 0.3 is 5.69 Å². The molecule has 0 spiro atoms. The molecule has 1 saturated heterocycles. The van der Waals surface area contributed by atoms with Crippen LogP contribution in [-0.4, -0.2) is 32.7 Å². The van der Waals surface area contributed by atoms with E-state index in [-0.39, 0.29) is 5.69 Å². The van der Waals surface area contributed by atoms with Gasteiger partial charge in [0.2, 0.25) is 5.65 Å². The molecule has 6 nitrogen and oxygen atoms in total. The van der Waals surface area contributed by atoms with Gasteiger partial charge < -0.3 is 4.90 Å². The molecule has 2 aromatic rings. The Morgan fingerprint density at radius 3 is 3.24 bits per heavy atom. The van der Waals surface area contributed by atoms with Crippen LogP contribution in [0.2, 0.25) is 0 Å². The van der Waals surface area contributed by atoms with E-state index in [1.807, 2.05) is 0 Å². The third-order valence-corrected chi connectivity index (χ3v) is 3.27. The summed E-state index contributed by atoms with van der Waals surface area (Å²) in [5.41, 5.74) is 0.403. The number of aromatic amines is 1. The van der Waals surface area contributed by atoms with Crippen LogP contribution >= 0.6 is 0 Å². The van der Waals surface area contributed by atoms with Crippen LogP contribution in [0.15, 0.2) is 17.2 Å². The number of anilines is 1. The molecule has 1 N–H and O–H groups in total. The van der Waals surface area contributed by atoms with E-state index in [2.05, 4.69) is 27.0 Å². The number of piperidine rings is 1. The van der Waals surface area contributed by atoms with Crippen LogP contribution in [0.4, 0.5) is 5.82 Å². The molecule has 3 heterocycles. The summed E-state index contributed by atoms with van der Waals surface area (Å²) in [5.74, 6) is 1.47. The molecule has 0 radical (unpaired) electrons. The predicted octanol–water partition coefficient (Wildman–Crippen LogP) is 0.654. The third kappa shape index (κ3) is 1.69. The van der Waals surface area contributed by atoms with Crippen LogP contribution in [0.1, 0.15) is 19.8 Å². The van der Waals surface area contributed by atoms with Crippen molar-refractivity contribution in [3.05, 3.63) is 22.9 Å². The summed E-state index contributed by atoms with van der Waals surface area (Å²) in [7, 11) is 0. The van der Waals surface area contributed by atoms with Crippen LogP contribution in [0.5, 0.6) is 0 Å². The molecule has 1 fully saturated rings. The van der Waals surface area contributed by atoms with E-state index in [0.29, 0.717) is 11.6 Å².